The Hall–Kier alpha value is -1.21. The molecule has 0 unspecified atom stereocenters. The van der Waals surface area contributed by atoms with Crippen molar-refractivity contribution >= 4 is 16.5 Å². The molecule has 1 aromatic carbocycles. The monoisotopic (exact) mass is 287 g/mol. The molecule has 0 bridgehead atoms. The maximum atomic E-state index is 8.74. The minimum absolute atomic E-state index is 1.02. The summed E-state index contributed by atoms with van der Waals surface area (Å²) in [5, 5.41) is 0. The fourth-order valence-electron chi connectivity index (χ4n) is 1.57. The molecule has 0 spiro atoms. The molecule has 0 heterocycles. The van der Waals surface area contributed by atoms with Crippen LogP contribution in [0.1, 0.15) is 25.0 Å². The van der Waals surface area contributed by atoms with Gasteiger partial charge >= 0.3 is 10.4 Å². The number of hydrogen-bond donors (Lipinski definition) is 2. The first kappa shape index (κ1) is 17.8. The minimum atomic E-state index is -4.67. The van der Waals surface area contributed by atoms with E-state index >= 15 is 0 Å². The summed E-state index contributed by atoms with van der Waals surface area (Å²) in [6.45, 7) is 11.4. The van der Waals surface area contributed by atoms with Crippen molar-refractivity contribution in [1.29, 1.82) is 0 Å². The first-order valence-electron chi connectivity index (χ1n) is 5.94. The molecule has 0 saturated heterocycles. The van der Waals surface area contributed by atoms with Crippen LogP contribution < -0.4 is 0 Å². The predicted octanol–water partition coefficient (Wildman–Crippen LogP) is 2.52. The number of nitrogens with zero attached hydrogens (tertiary/aromatic N) is 1. The summed E-state index contributed by atoms with van der Waals surface area (Å²) in [5.74, 6) is 0. The molecule has 0 atom stereocenters. The van der Waals surface area contributed by atoms with E-state index in [-0.39, 0.29) is 0 Å². The minimum Gasteiger partial charge on any atom is -0.300 e. The third kappa shape index (κ3) is 9.38. The summed E-state index contributed by atoms with van der Waals surface area (Å²) in [7, 11) is -4.67. The summed E-state index contributed by atoms with van der Waals surface area (Å²) in [5.41, 5.74) is 2.62. The Morgan fingerprint density at radius 2 is 1.68 bits per heavy atom. The molecule has 5 nitrogen and oxygen atoms in total. The molecule has 1 rings (SSSR count). The van der Waals surface area contributed by atoms with Crippen molar-refractivity contribution in [3.05, 3.63) is 42.0 Å². The average molecular weight is 287 g/mol. The van der Waals surface area contributed by atoms with Gasteiger partial charge in [0.15, 0.2) is 0 Å². The highest BCUT2D eigenvalue weighted by atomic mass is 32.3. The lowest BCUT2D eigenvalue weighted by molar-refractivity contribution is 0.295. The Morgan fingerprint density at radius 1 is 1.21 bits per heavy atom. The molecule has 2 N–H and O–H groups in total. The number of rotatable bonds is 5. The van der Waals surface area contributed by atoms with E-state index in [1.165, 1.54) is 11.1 Å². The van der Waals surface area contributed by atoms with Gasteiger partial charge in [-0.1, -0.05) is 50.8 Å². The van der Waals surface area contributed by atoms with E-state index in [1.807, 2.05) is 6.08 Å². The van der Waals surface area contributed by atoms with Crippen molar-refractivity contribution in [2.75, 3.05) is 13.1 Å². The summed E-state index contributed by atoms with van der Waals surface area (Å²) in [4.78, 5) is 2.41. The smallest absolute Gasteiger partial charge is 0.300 e. The molecule has 0 radical (unpaired) electrons. The molecule has 0 fully saturated rings. The Kier molecular flexibility index (Phi) is 8.26. The van der Waals surface area contributed by atoms with E-state index < -0.39 is 10.4 Å². The molecule has 0 aromatic heterocycles. The maximum absolute atomic E-state index is 8.74. The van der Waals surface area contributed by atoms with Gasteiger partial charge in [0.05, 0.1) is 0 Å². The SMILES string of the molecule is C=Cc1ccccc1CN(CC)CC.O=S(=O)(O)O. The Balaban J connectivity index is 0.000000555. The van der Waals surface area contributed by atoms with E-state index in [1.54, 1.807) is 0 Å². The second-order valence-corrected chi connectivity index (χ2v) is 4.71. The third-order valence-electron chi connectivity index (χ3n) is 2.56. The van der Waals surface area contributed by atoms with Gasteiger partial charge in [-0.15, -0.1) is 0 Å². The lowest BCUT2D eigenvalue weighted by atomic mass is 10.1. The van der Waals surface area contributed by atoms with Crippen LogP contribution in [0.4, 0.5) is 0 Å². The topological polar surface area (TPSA) is 77.8 Å². The lowest BCUT2D eigenvalue weighted by Crippen LogP contribution is -2.22. The van der Waals surface area contributed by atoms with Crippen LogP contribution in [0, 0.1) is 0 Å². The van der Waals surface area contributed by atoms with E-state index in [2.05, 4.69) is 49.6 Å². The highest BCUT2D eigenvalue weighted by Gasteiger charge is 2.03. The van der Waals surface area contributed by atoms with Crippen molar-refractivity contribution in [2.45, 2.75) is 20.4 Å². The summed E-state index contributed by atoms with van der Waals surface area (Å²) >= 11 is 0. The van der Waals surface area contributed by atoms with Crippen molar-refractivity contribution in [3.8, 4) is 0 Å². The first-order valence-corrected chi connectivity index (χ1v) is 7.34. The molecule has 0 saturated carbocycles. The second kappa shape index (κ2) is 8.82. The van der Waals surface area contributed by atoms with Crippen molar-refractivity contribution in [1.82, 2.24) is 4.90 Å². The van der Waals surface area contributed by atoms with Gasteiger partial charge < -0.3 is 0 Å². The van der Waals surface area contributed by atoms with Gasteiger partial charge in [0.25, 0.3) is 0 Å². The van der Waals surface area contributed by atoms with Gasteiger partial charge in [0.2, 0.25) is 0 Å². The third-order valence-corrected chi connectivity index (χ3v) is 2.56. The van der Waals surface area contributed by atoms with Crippen molar-refractivity contribution in [2.24, 2.45) is 0 Å². The largest absolute Gasteiger partial charge is 0.394 e. The zero-order chi connectivity index (χ0) is 14.9. The van der Waals surface area contributed by atoms with Gasteiger partial charge in [-0.2, -0.15) is 8.42 Å². The molecule has 19 heavy (non-hydrogen) atoms. The van der Waals surface area contributed by atoms with Crippen LogP contribution in [-0.2, 0) is 16.9 Å². The average Bonchev–Trinajstić information content (AvgIpc) is 2.34. The summed E-state index contributed by atoms with van der Waals surface area (Å²) < 4.78 is 31.6. The van der Waals surface area contributed by atoms with Gasteiger partial charge in [0.1, 0.15) is 0 Å². The summed E-state index contributed by atoms with van der Waals surface area (Å²) in [6, 6.07) is 8.44. The Labute approximate surface area is 115 Å². The van der Waals surface area contributed by atoms with Gasteiger partial charge in [-0.3, -0.25) is 14.0 Å². The normalized spacial score (nSPS) is 10.8. The number of hydrogen-bond acceptors (Lipinski definition) is 3. The fraction of sp³-hybridized carbons (Fsp3) is 0.385. The quantitative estimate of drug-likeness (QED) is 0.814. The van der Waals surface area contributed by atoms with Crippen molar-refractivity contribution < 1.29 is 17.5 Å². The Morgan fingerprint density at radius 3 is 2.11 bits per heavy atom. The maximum Gasteiger partial charge on any atom is 0.394 e. The zero-order valence-corrected chi connectivity index (χ0v) is 12.1. The number of benzene rings is 1. The predicted molar refractivity (Wildman–Crippen MR) is 77.3 cm³/mol. The van der Waals surface area contributed by atoms with Gasteiger partial charge in [-0.25, -0.2) is 0 Å². The second-order valence-electron chi connectivity index (χ2n) is 3.81. The van der Waals surface area contributed by atoms with Crippen LogP contribution in [-0.4, -0.2) is 35.5 Å². The highest BCUT2D eigenvalue weighted by Crippen LogP contribution is 2.12. The van der Waals surface area contributed by atoms with E-state index in [0.29, 0.717) is 0 Å². The molecule has 0 aliphatic rings. The fourth-order valence-corrected chi connectivity index (χ4v) is 1.57. The van der Waals surface area contributed by atoms with Crippen LogP contribution in [0.2, 0.25) is 0 Å². The van der Waals surface area contributed by atoms with Crippen LogP contribution in [0.5, 0.6) is 0 Å². The highest BCUT2D eigenvalue weighted by molar-refractivity contribution is 7.79. The molecule has 0 amide bonds. The van der Waals surface area contributed by atoms with Crippen LogP contribution >= 0.6 is 0 Å². The zero-order valence-electron chi connectivity index (χ0n) is 11.3. The molecule has 108 valence electrons. The molecule has 0 aliphatic carbocycles. The molecule has 0 aliphatic heterocycles. The van der Waals surface area contributed by atoms with Gasteiger partial charge in [0, 0.05) is 6.54 Å². The van der Waals surface area contributed by atoms with Crippen LogP contribution in [0.15, 0.2) is 30.8 Å². The molecule has 1 aromatic rings. The van der Waals surface area contributed by atoms with E-state index in [0.717, 1.165) is 19.6 Å². The molecular weight excluding hydrogens is 266 g/mol. The summed E-state index contributed by atoms with van der Waals surface area (Å²) in [6.07, 6.45) is 1.93. The van der Waals surface area contributed by atoms with Crippen molar-refractivity contribution in [3.63, 3.8) is 0 Å². The van der Waals surface area contributed by atoms with E-state index in [9.17, 15) is 0 Å². The standard InChI is InChI=1S/C13H19N.H2O4S/c1-4-12-9-7-8-10-13(12)11-14(5-2)6-3;1-5(2,3)4/h4,7-10H,1,5-6,11H2,2-3H3;(H2,1,2,3,4). The molecule has 6 heteroatoms. The van der Waals surface area contributed by atoms with Crippen LogP contribution in [0.3, 0.4) is 0 Å². The Bertz CT molecular complexity index is 473. The lowest BCUT2D eigenvalue weighted by Gasteiger charge is -2.19. The van der Waals surface area contributed by atoms with Gasteiger partial charge in [-0.05, 0) is 24.2 Å². The van der Waals surface area contributed by atoms with Crippen LogP contribution in [0.25, 0.3) is 6.08 Å². The molecular formula is C13H21NO4S. The van der Waals surface area contributed by atoms with E-state index in [4.69, 9.17) is 17.5 Å². The first-order chi connectivity index (χ1) is 8.81.